The summed E-state index contributed by atoms with van der Waals surface area (Å²) >= 11 is 0. The highest BCUT2D eigenvalue weighted by Crippen LogP contribution is 2.22. The van der Waals surface area contributed by atoms with Gasteiger partial charge in [0.1, 0.15) is 5.75 Å². The van der Waals surface area contributed by atoms with Gasteiger partial charge in [0.05, 0.1) is 24.6 Å². The van der Waals surface area contributed by atoms with Gasteiger partial charge >= 0.3 is 0 Å². The number of amides is 1. The number of carbonyl (C=O) groups excluding carboxylic acids is 1. The minimum absolute atomic E-state index is 0.0115. The van der Waals surface area contributed by atoms with E-state index in [0.29, 0.717) is 30.9 Å². The van der Waals surface area contributed by atoms with Crippen molar-refractivity contribution in [3.63, 3.8) is 0 Å². The minimum atomic E-state index is -0.465. The van der Waals surface area contributed by atoms with Crippen LogP contribution in [0.5, 0.6) is 5.75 Å². The Bertz CT molecular complexity index is 501. The molecule has 0 atom stereocenters. The quantitative estimate of drug-likeness (QED) is 0.581. The first kappa shape index (κ1) is 16.9. The van der Waals surface area contributed by atoms with Gasteiger partial charge in [-0.15, -0.1) is 0 Å². The molecule has 0 saturated carbocycles. The van der Waals surface area contributed by atoms with Gasteiger partial charge in [-0.2, -0.15) is 0 Å². The van der Waals surface area contributed by atoms with Gasteiger partial charge in [-0.05, 0) is 25.5 Å². The van der Waals surface area contributed by atoms with Crippen molar-refractivity contribution in [3.8, 4) is 5.75 Å². The summed E-state index contributed by atoms with van der Waals surface area (Å²) in [5, 5.41) is 13.8. The summed E-state index contributed by atoms with van der Waals surface area (Å²) in [6.07, 6.45) is 0. The summed E-state index contributed by atoms with van der Waals surface area (Å²) in [5.41, 5.74) is 0.676. The van der Waals surface area contributed by atoms with Crippen molar-refractivity contribution < 1.29 is 14.5 Å². The van der Waals surface area contributed by atoms with Gasteiger partial charge in [-0.1, -0.05) is 0 Å². The fraction of sp³-hybridized carbons (Fsp3) is 0.500. The average molecular weight is 295 g/mol. The summed E-state index contributed by atoms with van der Waals surface area (Å²) in [5.74, 6) is 0.438. The normalized spacial score (nSPS) is 10.2. The van der Waals surface area contributed by atoms with Crippen LogP contribution in [0.3, 0.4) is 0 Å². The standard InChI is InChI=1S/C14H21N3O4/c1-4-16(5-2)14(18)10-15-9-11-6-12(17(19)20)8-13(7-11)21-3/h6-8,15H,4-5,9-10H2,1-3H3. The van der Waals surface area contributed by atoms with Crippen LogP contribution in [0.25, 0.3) is 0 Å². The van der Waals surface area contributed by atoms with E-state index < -0.39 is 4.92 Å². The molecule has 116 valence electrons. The zero-order chi connectivity index (χ0) is 15.8. The first-order valence-corrected chi connectivity index (χ1v) is 6.82. The molecule has 1 aromatic carbocycles. The Balaban J connectivity index is 2.65. The summed E-state index contributed by atoms with van der Waals surface area (Å²) < 4.78 is 5.04. The highest BCUT2D eigenvalue weighted by Gasteiger charge is 2.12. The molecule has 0 aliphatic carbocycles. The van der Waals surface area contributed by atoms with E-state index in [1.165, 1.54) is 19.2 Å². The molecule has 0 fully saturated rings. The molecule has 7 nitrogen and oxygen atoms in total. The van der Waals surface area contributed by atoms with E-state index >= 15 is 0 Å². The Morgan fingerprint density at radius 3 is 2.52 bits per heavy atom. The molecule has 0 unspecified atom stereocenters. The second-order valence-electron chi connectivity index (χ2n) is 4.47. The molecule has 0 aliphatic heterocycles. The van der Waals surface area contributed by atoms with E-state index in [1.54, 1.807) is 11.0 Å². The Morgan fingerprint density at radius 2 is 2.00 bits per heavy atom. The highest BCUT2D eigenvalue weighted by molar-refractivity contribution is 5.78. The maximum atomic E-state index is 11.8. The zero-order valence-corrected chi connectivity index (χ0v) is 12.6. The van der Waals surface area contributed by atoms with E-state index in [0.717, 1.165) is 0 Å². The second kappa shape index (κ2) is 8.21. The zero-order valence-electron chi connectivity index (χ0n) is 12.6. The van der Waals surface area contributed by atoms with Gasteiger partial charge in [-0.3, -0.25) is 14.9 Å². The lowest BCUT2D eigenvalue weighted by molar-refractivity contribution is -0.385. The summed E-state index contributed by atoms with van der Waals surface area (Å²) in [4.78, 5) is 23.9. The molecule has 1 N–H and O–H groups in total. The van der Waals surface area contributed by atoms with Crippen LogP contribution in [0.15, 0.2) is 18.2 Å². The Morgan fingerprint density at radius 1 is 1.33 bits per heavy atom. The number of nitro groups is 1. The molecule has 0 bridgehead atoms. The first-order chi connectivity index (χ1) is 10.0. The number of hydrogen-bond acceptors (Lipinski definition) is 5. The van der Waals surface area contributed by atoms with E-state index in [9.17, 15) is 14.9 Å². The van der Waals surface area contributed by atoms with Crippen molar-refractivity contribution in [2.45, 2.75) is 20.4 Å². The third-order valence-electron chi connectivity index (χ3n) is 3.12. The van der Waals surface area contributed by atoms with Crippen molar-refractivity contribution in [2.24, 2.45) is 0 Å². The van der Waals surface area contributed by atoms with Crippen LogP contribution < -0.4 is 10.1 Å². The fourth-order valence-electron chi connectivity index (χ4n) is 1.97. The molecule has 0 aromatic heterocycles. The number of benzene rings is 1. The summed E-state index contributed by atoms with van der Waals surface area (Å²) in [6.45, 7) is 5.75. The lowest BCUT2D eigenvalue weighted by Crippen LogP contribution is -2.37. The van der Waals surface area contributed by atoms with Crippen molar-refractivity contribution >= 4 is 11.6 Å². The van der Waals surface area contributed by atoms with Crippen LogP contribution in [0.1, 0.15) is 19.4 Å². The second-order valence-corrected chi connectivity index (χ2v) is 4.47. The number of hydrogen-bond donors (Lipinski definition) is 1. The molecule has 21 heavy (non-hydrogen) atoms. The number of likely N-dealkylation sites (N-methyl/N-ethyl adjacent to an activating group) is 1. The summed E-state index contributed by atoms with van der Waals surface area (Å²) in [7, 11) is 1.46. The predicted molar refractivity (Wildman–Crippen MR) is 79.3 cm³/mol. The molecule has 0 saturated heterocycles. The van der Waals surface area contributed by atoms with Gasteiger partial charge in [-0.25, -0.2) is 0 Å². The van der Waals surface area contributed by atoms with Crippen molar-refractivity contribution in [3.05, 3.63) is 33.9 Å². The molecule has 1 aromatic rings. The Hall–Kier alpha value is -2.15. The van der Waals surface area contributed by atoms with Crippen LogP contribution in [-0.4, -0.2) is 42.5 Å². The SMILES string of the molecule is CCN(CC)C(=O)CNCc1cc(OC)cc([N+](=O)[O-])c1. The molecule has 1 rings (SSSR count). The van der Waals surface area contributed by atoms with Crippen LogP contribution in [0.2, 0.25) is 0 Å². The number of nitrogens with zero attached hydrogens (tertiary/aromatic N) is 2. The molecule has 7 heteroatoms. The van der Waals surface area contributed by atoms with E-state index in [4.69, 9.17) is 4.74 Å². The number of rotatable bonds is 8. The van der Waals surface area contributed by atoms with Crippen LogP contribution in [-0.2, 0) is 11.3 Å². The average Bonchev–Trinajstić information content (AvgIpc) is 2.48. The van der Waals surface area contributed by atoms with Gasteiger partial charge in [0.2, 0.25) is 5.91 Å². The van der Waals surface area contributed by atoms with Crippen LogP contribution >= 0.6 is 0 Å². The summed E-state index contributed by atoms with van der Waals surface area (Å²) in [6, 6.07) is 4.55. The van der Waals surface area contributed by atoms with E-state index in [-0.39, 0.29) is 18.1 Å². The number of nitro benzene ring substituents is 1. The predicted octanol–water partition coefficient (Wildman–Crippen LogP) is 1.56. The Kier molecular flexibility index (Phi) is 6.61. The van der Waals surface area contributed by atoms with Crippen LogP contribution in [0.4, 0.5) is 5.69 Å². The van der Waals surface area contributed by atoms with E-state index in [1.807, 2.05) is 13.8 Å². The smallest absolute Gasteiger partial charge is 0.273 e. The van der Waals surface area contributed by atoms with Gasteiger partial charge < -0.3 is 15.0 Å². The maximum Gasteiger partial charge on any atom is 0.273 e. The molecular weight excluding hydrogens is 274 g/mol. The van der Waals surface area contributed by atoms with Crippen molar-refractivity contribution in [1.29, 1.82) is 0 Å². The number of methoxy groups -OCH3 is 1. The number of nitrogens with one attached hydrogen (secondary N) is 1. The monoisotopic (exact) mass is 295 g/mol. The van der Waals surface area contributed by atoms with Crippen molar-refractivity contribution in [1.82, 2.24) is 10.2 Å². The van der Waals surface area contributed by atoms with Gasteiger partial charge in [0, 0.05) is 25.7 Å². The minimum Gasteiger partial charge on any atom is -0.496 e. The highest BCUT2D eigenvalue weighted by atomic mass is 16.6. The van der Waals surface area contributed by atoms with Gasteiger partial charge in [0.15, 0.2) is 0 Å². The molecule has 1 amide bonds. The molecule has 0 radical (unpaired) electrons. The van der Waals surface area contributed by atoms with Crippen molar-refractivity contribution in [2.75, 3.05) is 26.7 Å². The molecular formula is C14H21N3O4. The number of carbonyl (C=O) groups is 1. The largest absolute Gasteiger partial charge is 0.496 e. The Labute approximate surface area is 124 Å². The third-order valence-corrected chi connectivity index (χ3v) is 3.12. The third kappa shape index (κ3) is 5.03. The van der Waals surface area contributed by atoms with Crippen LogP contribution in [0, 0.1) is 10.1 Å². The molecule has 0 aliphatic rings. The molecule has 0 heterocycles. The fourth-order valence-corrected chi connectivity index (χ4v) is 1.97. The lowest BCUT2D eigenvalue weighted by atomic mass is 10.2. The van der Waals surface area contributed by atoms with E-state index in [2.05, 4.69) is 5.32 Å². The number of ether oxygens (including phenoxy) is 1. The molecule has 0 spiro atoms. The maximum absolute atomic E-state index is 11.8. The number of non-ortho nitro benzene ring substituents is 1. The lowest BCUT2D eigenvalue weighted by Gasteiger charge is -2.18. The van der Waals surface area contributed by atoms with Gasteiger partial charge in [0.25, 0.3) is 5.69 Å². The first-order valence-electron chi connectivity index (χ1n) is 6.82. The topological polar surface area (TPSA) is 84.7 Å².